The van der Waals surface area contributed by atoms with Crippen molar-refractivity contribution < 1.29 is 4.79 Å². The maximum absolute atomic E-state index is 10.8. The predicted molar refractivity (Wildman–Crippen MR) is 50.8 cm³/mol. The standard InChI is InChI=1S/C7H14OS2/c1-7(2,3)5-10-6(8)9-4/h5H2,1-4H3. The van der Waals surface area contributed by atoms with Gasteiger partial charge in [-0.25, -0.2) is 0 Å². The fraction of sp³-hybridized carbons (Fsp3) is 0.857. The molecule has 0 aromatic carbocycles. The molecule has 0 atom stereocenters. The zero-order valence-corrected chi connectivity index (χ0v) is 8.56. The van der Waals surface area contributed by atoms with Crippen molar-refractivity contribution in [3.05, 3.63) is 0 Å². The van der Waals surface area contributed by atoms with Gasteiger partial charge in [-0.15, -0.1) is 0 Å². The molecule has 1 nitrogen and oxygen atoms in total. The lowest BCUT2D eigenvalue weighted by Gasteiger charge is -2.15. The van der Waals surface area contributed by atoms with E-state index in [9.17, 15) is 4.79 Å². The molecule has 0 aliphatic carbocycles. The summed E-state index contributed by atoms with van der Waals surface area (Å²) < 4.78 is 0.218. The molecule has 0 unspecified atom stereocenters. The zero-order valence-electron chi connectivity index (χ0n) is 6.93. The lowest BCUT2D eigenvalue weighted by atomic mass is 10.0. The summed E-state index contributed by atoms with van der Waals surface area (Å²) in [5.74, 6) is 0.909. The number of rotatable bonds is 1. The van der Waals surface area contributed by atoms with E-state index in [2.05, 4.69) is 20.8 Å². The number of thioether (sulfide) groups is 2. The van der Waals surface area contributed by atoms with E-state index < -0.39 is 0 Å². The lowest BCUT2D eigenvalue weighted by molar-refractivity contribution is 0.276. The van der Waals surface area contributed by atoms with Gasteiger partial charge in [-0.3, -0.25) is 4.79 Å². The van der Waals surface area contributed by atoms with Crippen LogP contribution >= 0.6 is 23.5 Å². The van der Waals surface area contributed by atoms with Crippen molar-refractivity contribution in [1.82, 2.24) is 0 Å². The second-order valence-electron chi connectivity index (χ2n) is 3.30. The first kappa shape index (κ1) is 10.4. The lowest BCUT2D eigenvalue weighted by Crippen LogP contribution is -2.08. The molecule has 0 bridgehead atoms. The minimum absolute atomic E-state index is 0.218. The average molecular weight is 178 g/mol. The van der Waals surface area contributed by atoms with Crippen LogP contribution in [-0.2, 0) is 0 Å². The third-order valence-electron chi connectivity index (χ3n) is 0.790. The van der Waals surface area contributed by atoms with E-state index in [0.717, 1.165) is 5.75 Å². The van der Waals surface area contributed by atoms with Crippen LogP contribution in [0.2, 0.25) is 0 Å². The molecule has 0 radical (unpaired) electrons. The topological polar surface area (TPSA) is 17.1 Å². The van der Waals surface area contributed by atoms with Gasteiger partial charge in [0.2, 0.25) is 4.45 Å². The van der Waals surface area contributed by atoms with E-state index >= 15 is 0 Å². The molecule has 0 amide bonds. The van der Waals surface area contributed by atoms with Crippen molar-refractivity contribution in [3.63, 3.8) is 0 Å². The van der Waals surface area contributed by atoms with Gasteiger partial charge < -0.3 is 0 Å². The number of carbonyl (C=O) groups is 1. The highest BCUT2D eigenvalue weighted by Crippen LogP contribution is 2.24. The normalized spacial score (nSPS) is 11.6. The van der Waals surface area contributed by atoms with Gasteiger partial charge in [0, 0.05) is 5.75 Å². The summed E-state index contributed by atoms with van der Waals surface area (Å²) in [6, 6.07) is 0. The Morgan fingerprint density at radius 3 is 2.20 bits per heavy atom. The molecular formula is C7H14OS2. The Kier molecular flexibility index (Phi) is 4.45. The predicted octanol–water partition coefficient (Wildman–Crippen LogP) is 3.25. The molecule has 0 fully saturated rings. The van der Waals surface area contributed by atoms with Crippen LogP contribution in [0.1, 0.15) is 20.8 Å². The van der Waals surface area contributed by atoms with Crippen molar-refractivity contribution in [2.75, 3.05) is 12.0 Å². The van der Waals surface area contributed by atoms with Gasteiger partial charge in [-0.2, -0.15) is 0 Å². The molecule has 0 aliphatic rings. The Hall–Kier alpha value is 0.370. The summed E-state index contributed by atoms with van der Waals surface area (Å²) >= 11 is 2.70. The fourth-order valence-corrected chi connectivity index (χ4v) is 1.53. The van der Waals surface area contributed by atoms with Crippen LogP contribution in [0.15, 0.2) is 0 Å². The van der Waals surface area contributed by atoms with Crippen molar-refractivity contribution >= 4 is 28.0 Å². The Bertz CT molecular complexity index is 115. The molecule has 0 aliphatic heterocycles. The molecular weight excluding hydrogens is 164 g/mol. The van der Waals surface area contributed by atoms with Gasteiger partial charge in [0.1, 0.15) is 0 Å². The van der Waals surface area contributed by atoms with Crippen molar-refractivity contribution in [1.29, 1.82) is 0 Å². The number of hydrogen-bond donors (Lipinski definition) is 0. The van der Waals surface area contributed by atoms with Gasteiger partial charge >= 0.3 is 0 Å². The van der Waals surface area contributed by atoms with Gasteiger partial charge in [0.05, 0.1) is 0 Å². The third-order valence-corrected chi connectivity index (χ3v) is 3.22. The number of carbonyl (C=O) groups excluding carboxylic acids is 1. The summed E-state index contributed by atoms with van der Waals surface area (Å²) in [6.07, 6.45) is 1.82. The van der Waals surface area contributed by atoms with Gasteiger partial charge in [-0.1, -0.05) is 44.3 Å². The monoisotopic (exact) mass is 178 g/mol. The van der Waals surface area contributed by atoms with E-state index in [1.807, 2.05) is 6.26 Å². The van der Waals surface area contributed by atoms with Crippen LogP contribution in [0.4, 0.5) is 4.79 Å². The second-order valence-corrected chi connectivity index (χ2v) is 5.29. The van der Waals surface area contributed by atoms with Crippen LogP contribution in [0, 0.1) is 5.41 Å². The third kappa shape index (κ3) is 6.49. The molecule has 0 rings (SSSR count). The first-order chi connectivity index (χ1) is 4.45. The first-order valence-electron chi connectivity index (χ1n) is 3.16. The van der Waals surface area contributed by atoms with Gasteiger partial charge in [-0.05, 0) is 11.7 Å². The van der Waals surface area contributed by atoms with Gasteiger partial charge in [0.15, 0.2) is 0 Å². The van der Waals surface area contributed by atoms with E-state index in [4.69, 9.17) is 0 Å². The van der Waals surface area contributed by atoms with Crippen LogP contribution in [-0.4, -0.2) is 16.5 Å². The Balaban J connectivity index is 3.46. The smallest absolute Gasteiger partial charge is 0.245 e. The summed E-state index contributed by atoms with van der Waals surface area (Å²) in [4.78, 5) is 10.8. The molecule has 0 heterocycles. The Morgan fingerprint density at radius 2 is 1.90 bits per heavy atom. The summed E-state index contributed by atoms with van der Waals surface area (Å²) in [7, 11) is 0. The quantitative estimate of drug-likeness (QED) is 0.613. The molecule has 0 N–H and O–H groups in total. The van der Waals surface area contributed by atoms with Crippen LogP contribution in [0.3, 0.4) is 0 Å². The highest BCUT2D eigenvalue weighted by molar-refractivity contribution is 8.38. The molecule has 0 saturated heterocycles. The largest absolute Gasteiger partial charge is 0.274 e. The zero-order chi connectivity index (χ0) is 8.20. The van der Waals surface area contributed by atoms with Gasteiger partial charge in [0.25, 0.3) is 0 Å². The van der Waals surface area contributed by atoms with Crippen LogP contribution in [0.25, 0.3) is 0 Å². The second kappa shape index (κ2) is 4.29. The molecule has 3 heteroatoms. The Morgan fingerprint density at radius 1 is 1.40 bits per heavy atom. The molecule has 0 aromatic rings. The van der Waals surface area contributed by atoms with Crippen molar-refractivity contribution in [2.24, 2.45) is 5.41 Å². The van der Waals surface area contributed by atoms with Crippen molar-refractivity contribution in [3.8, 4) is 0 Å². The molecule has 0 spiro atoms. The molecule has 0 aromatic heterocycles. The SMILES string of the molecule is CSC(=O)SCC(C)(C)C. The van der Waals surface area contributed by atoms with Crippen molar-refractivity contribution in [2.45, 2.75) is 20.8 Å². The van der Waals surface area contributed by atoms with Crippen LogP contribution in [0.5, 0.6) is 0 Å². The summed E-state index contributed by atoms with van der Waals surface area (Å²) in [5, 5.41) is 0. The maximum Gasteiger partial charge on any atom is 0.245 e. The summed E-state index contributed by atoms with van der Waals surface area (Å²) in [5.41, 5.74) is 0.260. The average Bonchev–Trinajstić information content (AvgIpc) is 1.81. The molecule has 60 valence electrons. The van der Waals surface area contributed by atoms with Crippen LogP contribution < -0.4 is 0 Å². The van der Waals surface area contributed by atoms with E-state index in [1.165, 1.54) is 23.5 Å². The first-order valence-corrected chi connectivity index (χ1v) is 5.37. The minimum Gasteiger partial charge on any atom is -0.274 e. The molecule has 0 saturated carbocycles. The summed E-state index contributed by atoms with van der Waals surface area (Å²) in [6.45, 7) is 6.40. The minimum atomic E-state index is 0.218. The molecule has 10 heavy (non-hydrogen) atoms. The van der Waals surface area contributed by atoms with E-state index in [0.29, 0.717) is 0 Å². The highest BCUT2D eigenvalue weighted by Gasteiger charge is 2.12. The fourth-order valence-electron chi connectivity index (χ4n) is 0.334. The number of hydrogen-bond acceptors (Lipinski definition) is 3. The Labute approximate surface area is 71.3 Å². The van der Waals surface area contributed by atoms with E-state index in [-0.39, 0.29) is 9.86 Å². The maximum atomic E-state index is 10.8. The van der Waals surface area contributed by atoms with E-state index in [1.54, 1.807) is 0 Å². The highest BCUT2D eigenvalue weighted by atomic mass is 32.2.